The third-order valence-electron chi connectivity index (χ3n) is 4.46. The highest BCUT2D eigenvalue weighted by Gasteiger charge is 2.33. The zero-order valence-electron chi connectivity index (χ0n) is 14.3. The van der Waals surface area contributed by atoms with Crippen LogP contribution in [0.5, 0.6) is 0 Å². The first-order valence-electron chi connectivity index (χ1n) is 8.40. The fourth-order valence-electron chi connectivity index (χ4n) is 2.81. The molecule has 1 unspecified atom stereocenters. The van der Waals surface area contributed by atoms with E-state index in [0.717, 1.165) is 22.9 Å². The molecule has 1 aliphatic rings. The second-order valence-corrected chi connectivity index (χ2v) is 7.35. The molecule has 3 rings (SSSR count). The lowest BCUT2D eigenvalue weighted by Crippen LogP contribution is -2.32. The molecule has 0 spiro atoms. The van der Waals surface area contributed by atoms with Crippen molar-refractivity contribution < 1.29 is 9.59 Å². The molecule has 130 valence electrons. The summed E-state index contributed by atoms with van der Waals surface area (Å²) in [4.78, 5) is 26.7. The SMILES string of the molecule is CC(NC(=O)c1ccccc1N(C)C(=O)C1CC1)c1cccc(Br)c1. The monoisotopic (exact) mass is 400 g/mol. The first-order valence-corrected chi connectivity index (χ1v) is 9.19. The maximum Gasteiger partial charge on any atom is 0.253 e. The zero-order valence-corrected chi connectivity index (χ0v) is 15.9. The number of amides is 2. The third kappa shape index (κ3) is 4.10. The highest BCUT2D eigenvalue weighted by molar-refractivity contribution is 9.10. The van der Waals surface area contributed by atoms with Crippen LogP contribution in [0.3, 0.4) is 0 Å². The van der Waals surface area contributed by atoms with Crippen LogP contribution < -0.4 is 10.2 Å². The number of nitrogens with one attached hydrogen (secondary N) is 1. The lowest BCUT2D eigenvalue weighted by Gasteiger charge is -2.21. The summed E-state index contributed by atoms with van der Waals surface area (Å²) in [5, 5.41) is 3.02. The van der Waals surface area contributed by atoms with Crippen molar-refractivity contribution in [2.24, 2.45) is 5.92 Å². The highest BCUT2D eigenvalue weighted by atomic mass is 79.9. The van der Waals surface area contributed by atoms with Crippen LogP contribution in [-0.4, -0.2) is 18.9 Å². The maximum atomic E-state index is 12.8. The van der Waals surface area contributed by atoms with E-state index in [0.29, 0.717) is 11.3 Å². The van der Waals surface area contributed by atoms with E-state index in [2.05, 4.69) is 21.2 Å². The number of para-hydroxylation sites is 1. The molecule has 0 radical (unpaired) electrons. The van der Waals surface area contributed by atoms with Crippen LogP contribution in [0.4, 0.5) is 5.69 Å². The number of halogens is 1. The fourth-order valence-corrected chi connectivity index (χ4v) is 3.23. The third-order valence-corrected chi connectivity index (χ3v) is 4.96. The average Bonchev–Trinajstić information content (AvgIpc) is 3.45. The van der Waals surface area contributed by atoms with Crippen LogP contribution in [0.25, 0.3) is 0 Å². The van der Waals surface area contributed by atoms with Gasteiger partial charge in [0.1, 0.15) is 0 Å². The number of nitrogens with zero attached hydrogens (tertiary/aromatic N) is 1. The molecule has 0 aliphatic heterocycles. The van der Waals surface area contributed by atoms with Gasteiger partial charge in [-0.3, -0.25) is 9.59 Å². The van der Waals surface area contributed by atoms with E-state index in [4.69, 9.17) is 0 Å². The molecule has 25 heavy (non-hydrogen) atoms. The number of hydrogen-bond donors (Lipinski definition) is 1. The Morgan fingerprint density at radius 1 is 1.16 bits per heavy atom. The van der Waals surface area contributed by atoms with Crippen molar-refractivity contribution >= 4 is 33.4 Å². The Hall–Kier alpha value is -2.14. The van der Waals surface area contributed by atoms with Crippen LogP contribution >= 0.6 is 15.9 Å². The number of rotatable bonds is 5. The smallest absolute Gasteiger partial charge is 0.253 e. The molecule has 4 nitrogen and oxygen atoms in total. The average molecular weight is 401 g/mol. The first-order chi connectivity index (χ1) is 12.0. The van der Waals surface area contributed by atoms with Crippen molar-refractivity contribution in [3.8, 4) is 0 Å². The van der Waals surface area contributed by atoms with E-state index in [9.17, 15) is 9.59 Å². The van der Waals surface area contributed by atoms with E-state index in [1.165, 1.54) is 0 Å². The zero-order chi connectivity index (χ0) is 18.0. The molecule has 5 heteroatoms. The number of carbonyl (C=O) groups is 2. The van der Waals surface area contributed by atoms with Crippen molar-refractivity contribution in [1.29, 1.82) is 0 Å². The predicted molar refractivity (Wildman–Crippen MR) is 103 cm³/mol. The Morgan fingerprint density at radius 3 is 2.56 bits per heavy atom. The van der Waals surface area contributed by atoms with Gasteiger partial charge in [-0.1, -0.05) is 40.2 Å². The molecule has 2 aromatic carbocycles. The lowest BCUT2D eigenvalue weighted by molar-refractivity contribution is -0.119. The van der Waals surface area contributed by atoms with Crippen LogP contribution in [-0.2, 0) is 4.79 Å². The van der Waals surface area contributed by atoms with E-state index in [-0.39, 0.29) is 23.8 Å². The van der Waals surface area contributed by atoms with E-state index in [1.54, 1.807) is 18.0 Å². The van der Waals surface area contributed by atoms with Crippen molar-refractivity contribution in [2.45, 2.75) is 25.8 Å². The summed E-state index contributed by atoms with van der Waals surface area (Å²) in [6.45, 7) is 1.95. The van der Waals surface area contributed by atoms with E-state index < -0.39 is 0 Å². The largest absolute Gasteiger partial charge is 0.345 e. The predicted octanol–water partition coefficient (Wildman–Crippen LogP) is 4.31. The summed E-state index contributed by atoms with van der Waals surface area (Å²) >= 11 is 3.45. The Morgan fingerprint density at radius 2 is 1.88 bits per heavy atom. The first kappa shape index (κ1) is 17.7. The summed E-state index contributed by atoms with van der Waals surface area (Å²) < 4.78 is 0.973. The van der Waals surface area contributed by atoms with Crippen LogP contribution in [0.2, 0.25) is 0 Å². The Balaban J connectivity index is 1.79. The lowest BCUT2D eigenvalue weighted by atomic mass is 10.1. The second-order valence-electron chi connectivity index (χ2n) is 6.44. The van der Waals surface area contributed by atoms with Gasteiger partial charge >= 0.3 is 0 Å². The van der Waals surface area contributed by atoms with Gasteiger partial charge < -0.3 is 10.2 Å². The minimum atomic E-state index is -0.182. The molecular weight excluding hydrogens is 380 g/mol. The number of carbonyl (C=O) groups excluding carboxylic acids is 2. The topological polar surface area (TPSA) is 49.4 Å². The standard InChI is InChI=1S/C20H21BrN2O2/c1-13(15-6-5-7-16(21)12-15)22-19(24)17-8-3-4-9-18(17)23(2)20(25)14-10-11-14/h3-9,12-14H,10-11H2,1-2H3,(H,22,24). The maximum absolute atomic E-state index is 12.8. The molecule has 0 aromatic heterocycles. The summed E-state index contributed by atoms with van der Waals surface area (Å²) in [6, 6.07) is 15.0. The quantitative estimate of drug-likeness (QED) is 0.812. The van der Waals surface area contributed by atoms with Gasteiger partial charge in [0, 0.05) is 17.4 Å². The number of hydrogen-bond acceptors (Lipinski definition) is 2. The van der Waals surface area contributed by atoms with Crippen molar-refractivity contribution in [3.63, 3.8) is 0 Å². The molecule has 2 aromatic rings. The summed E-state index contributed by atoms with van der Waals surface area (Å²) in [5.41, 5.74) is 2.18. The Kier molecular flexibility index (Phi) is 5.23. The van der Waals surface area contributed by atoms with E-state index >= 15 is 0 Å². The fraction of sp³-hybridized carbons (Fsp3) is 0.300. The normalized spacial score (nSPS) is 14.7. The Bertz CT molecular complexity index is 802. The van der Waals surface area contributed by atoms with Crippen molar-refractivity contribution in [3.05, 3.63) is 64.1 Å². The molecule has 2 amide bonds. The molecule has 1 fully saturated rings. The Labute approximate surface area is 156 Å². The molecule has 1 saturated carbocycles. The van der Waals surface area contributed by atoms with Gasteiger partial charge in [-0.15, -0.1) is 0 Å². The number of anilines is 1. The van der Waals surface area contributed by atoms with E-state index in [1.807, 2.05) is 49.4 Å². The van der Waals surface area contributed by atoms with Gasteiger partial charge in [0.2, 0.25) is 5.91 Å². The summed E-state index contributed by atoms with van der Waals surface area (Å²) in [6.07, 6.45) is 1.88. The van der Waals surface area contributed by atoms with Crippen molar-refractivity contribution in [1.82, 2.24) is 5.32 Å². The highest BCUT2D eigenvalue weighted by Crippen LogP contribution is 2.33. The minimum absolute atomic E-state index is 0.0836. The van der Waals surface area contributed by atoms with Crippen LogP contribution in [0, 0.1) is 5.92 Å². The van der Waals surface area contributed by atoms with Gasteiger partial charge in [0.25, 0.3) is 5.91 Å². The molecule has 1 atom stereocenters. The molecule has 0 saturated heterocycles. The van der Waals surface area contributed by atoms with Gasteiger partial charge in [-0.2, -0.15) is 0 Å². The van der Waals surface area contributed by atoms with Crippen LogP contribution in [0.15, 0.2) is 53.0 Å². The summed E-state index contributed by atoms with van der Waals surface area (Å²) in [7, 11) is 1.74. The molecule has 1 N–H and O–H groups in total. The number of benzene rings is 2. The molecule has 1 aliphatic carbocycles. The second kappa shape index (κ2) is 7.40. The minimum Gasteiger partial charge on any atom is -0.345 e. The van der Waals surface area contributed by atoms with Gasteiger partial charge in [0.15, 0.2) is 0 Å². The molecule has 0 bridgehead atoms. The molecular formula is C20H21BrN2O2. The summed E-state index contributed by atoms with van der Waals surface area (Å²) in [5.74, 6) is 0.0144. The van der Waals surface area contributed by atoms with Gasteiger partial charge in [-0.25, -0.2) is 0 Å². The molecule has 0 heterocycles. The van der Waals surface area contributed by atoms with Gasteiger partial charge in [0.05, 0.1) is 17.3 Å². The van der Waals surface area contributed by atoms with Crippen molar-refractivity contribution in [2.75, 3.05) is 11.9 Å². The van der Waals surface area contributed by atoms with Gasteiger partial charge in [-0.05, 0) is 49.6 Å². The van der Waals surface area contributed by atoms with Crippen LogP contribution in [0.1, 0.15) is 41.7 Å².